The van der Waals surface area contributed by atoms with Gasteiger partial charge in [-0.1, -0.05) is 28.1 Å². The minimum Gasteiger partial charge on any atom is -0.508 e. The predicted molar refractivity (Wildman–Crippen MR) is 71.5 cm³/mol. The Balaban J connectivity index is 2.01. The van der Waals surface area contributed by atoms with E-state index < -0.39 is 0 Å². The van der Waals surface area contributed by atoms with E-state index in [1.54, 1.807) is 6.07 Å². The fraction of sp³-hybridized carbons (Fsp3) is 0.538. The first-order chi connectivity index (χ1) is 8.19. The average molecular weight is 300 g/mol. The van der Waals surface area contributed by atoms with Gasteiger partial charge < -0.3 is 9.84 Å². The van der Waals surface area contributed by atoms with Gasteiger partial charge in [0.1, 0.15) is 5.75 Å². The zero-order chi connectivity index (χ0) is 12.3. The van der Waals surface area contributed by atoms with Crippen molar-refractivity contribution < 1.29 is 9.84 Å². The van der Waals surface area contributed by atoms with E-state index in [1.807, 2.05) is 18.2 Å². The maximum absolute atomic E-state index is 9.46. The molecule has 2 rings (SSSR count). The molecule has 0 aliphatic carbocycles. The number of phenolic OH excluding ortho intramolecular Hbond substituents is 1. The second kappa shape index (κ2) is 5.85. The zero-order valence-corrected chi connectivity index (χ0v) is 11.6. The molecule has 0 bridgehead atoms. The number of alkyl halides is 1. The highest BCUT2D eigenvalue weighted by Crippen LogP contribution is 2.18. The third-order valence-corrected chi connectivity index (χ3v) is 3.83. The number of morpholine rings is 1. The van der Waals surface area contributed by atoms with Crippen LogP contribution < -0.4 is 0 Å². The van der Waals surface area contributed by atoms with Crippen LogP contribution >= 0.6 is 15.9 Å². The third kappa shape index (κ3) is 3.44. The molecule has 3 nitrogen and oxygen atoms in total. The molecule has 17 heavy (non-hydrogen) atoms. The zero-order valence-electron chi connectivity index (χ0n) is 9.97. The molecule has 0 saturated carbocycles. The van der Waals surface area contributed by atoms with Crippen LogP contribution in [0.3, 0.4) is 0 Å². The van der Waals surface area contributed by atoms with Crippen LogP contribution in [0.15, 0.2) is 24.3 Å². The SMILES string of the molecule is CC1COC(CBr)CN1Cc1cccc(O)c1. The summed E-state index contributed by atoms with van der Waals surface area (Å²) in [5, 5.41) is 10.3. The van der Waals surface area contributed by atoms with Gasteiger partial charge in [0.2, 0.25) is 0 Å². The van der Waals surface area contributed by atoms with Gasteiger partial charge in [0, 0.05) is 24.5 Å². The van der Waals surface area contributed by atoms with Crippen LogP contribution in [-0.4, -0.2) is 40.6 Å². The van der Waals surface area contributed by atoms with Crippen LogP contribution in [0.25, 0.3) is 0 Å². The minimum atomic E-state index is 0.267. The monoisotopic (exact) mass is 299 g/mol. The molecule has 1 N–H and O–H groups in total. The van der Waals surface area contributed by atoms with Crippen molar-refractivity contribution in [1.82, 2.24) is 4.90 Å². The Bertz CT molecular complexity index is 372. The van der Waals surface area contributed by atoms with E-state index in [9.17, 15) is 5.11 Å². The van der Waals surface area contributed by atoms with Gasteiger partial charge >= 0.3 is 0 Å². The summed E-state index contributed by atoms with van der Waals surface area (Å²) in [5.41, 5.74) is 1.15. The summed E-state index contributed by atoms with van der Waals surface area (Å²) in [6.07, 6.45) is 0.267. The van der Waals surface area contributed by atoms with Gasteiger partial charge in [-0.3, -0.25) is 4.90 Å². The van der Waals surface area contributed by atoms with E-state index in [0.29, 0.717) is 11.8 Å². The number of nitrogens with zero attached hydrogens (tertiary/aromatic N) is 1. The molecular weight excluding hydrogens is 282 g/mol. The Morgan fingerprint density at radius 1 is 1.53 bits per heavy atom. The Morgan fingerprint density at radius 3 is 3.06 bits per heavy atom. The number of ether oxygens (including phenoxy) is 1. The summed E-state index contributed by atoms with van der Waals surface area (Å²) in [4.78, 5) is 2.39. The lowest BCUT2D eigenvalue weighted by molar-refractivity contribution is -0.0499. The van der Waals surface area contributed by atoms with E-state index in [1.165, 1.54) is 0 Å². The molecule has 94 valence electrons. The predicted octanol–water partition coefficient (Wildman–Crippen LogP) is 2.38. The first-order valence-electron chi connectivity index (χ1n) is 5.88. The van der Waals surface area contributed by atoms with Crippen molar-refractivity contribution in [2.45, 2.75) is 25.6 Å². The maximum Gasteiger partial charge on any atom is 0.115 e. The third-order valence-electron chi connectivity index (χ3n) is 3.10. The lowest BCUT2D eigenvalue weighted by Gasteiger charge is -2.37. The van der Waals surface area contributed by atoms with Crippen LogP contribution in [0, 0.1) is 0 Å². The number of benzene rings is 1. The quantitative estimate of drug-likeness (QED) is 0.870. The van der Waals surface area contributed by atoms with E-state index in [-0.39, 0.29) is 6.10 Å². The van der Waals surface area contributed by atoms with Crippen molar-refractivity contribution in [3.8, 4) is 5.75 Å². The molecule has 4 heteroatoms. The molecule has 1 aromatic carbocycles. The Morgan fingerprint density at radius 2 is 2.35 bits per heavy atom. The van der Waals surface area contributed by atoms with Crippen molar-refractivity contribution in [2.24, 2.45) is 0 Å². The molecule has 1 aliphatic rings. The average Bonchev–Trinajstić information content (AvgIpc) is 2.32. The first-order valence-corrected chi connectivity index (χ1v) is 7.00. The van der Waals surface area contributed by atoms with Gasteiger partial charge in [-0.2, -0.15) is 0 Å². The number of phenols is 1. The van der Waals surface area contributed by atoms with Gasteiger partial charge in [0.05, 0.1) is 12.7 Å². The fourth-order valence-electron chi connectivity index (χ4n) is 2.08. The number of rotatable bonds is 3. The van der Waals surface area contributed by atoms with E-state index in [4.69, 9.17) is 4.74 Å². The molecule has 2 unspecified atom stereocenters. The van der Waals surface area contributed by atoms with Crippen molar-refractivity contribution >= 4 is 15.9 Å². The number of hydrogen-bond donors (Lipinski definition) is 1. The van der Waals surface area contributed by atoms with Crippen molar-refractivity contribution in [3.63, 3.8) is 0 Å². The Kier molecular flexibility index (Phi) is 4.42. The molecular formula is C13H18BrNO2. The molecule has 2 atom stereocenters. The Hall–Kier alpha value is -0.580. The van der Waals surface area contributed by atoms with Crippen LogP contribution in [0.5, 0.6) is 5.75 Å². The van der Waals surface area contributed by atoms with Gasteiger partial charge in [-0.25, -0.2) is 0 Å². The lowest BCUT2D eigenvalue weighted by Crippen LogP contribution is -2.48. The fourth-order valence-corrected chi connectivity index (χ4v) is 2.47. The van der Waals surface area contributed by atoms with Gasteiger partial charge in [-0.15, -0.1) is 0 Å². The second-order valence-corrected chi connectivity index (χ2v) is 5.21. The van der Waals surface area contributed by atoms with Crippen molar-refractivity contribution in [3.05, 3.63) is 29.8 Å². The van der Waals surface area contributed by atoms with Crippen LogP contribution in [0.4, 0.5) is 0 Å². The standard InChI is InChI=1S/C13H18BrNO2/c1-10-9-17-13(6-14)8-15(10)7-11-3-2-4-12(16)5-11/h2-5,10,13,16H,6-9H2,1H3. The molecule has 1 aromatic rings. The normalized spacial score (nSPS) is 26.0. The van der Waals surface area contributed by atoms with Crippen molar-refractivity contribution in [2.75, 3.05) is 18.5 Å². The number of halogens is 1. The summed E-state index contributed by atoms with van der Waals surface area (Å²) >= 11 is 3.46. The highest BCUT2D eigenvalue weighted by atomic mass is 79.9. The first kappa shape index (κ1) is 12.9. The highest BCUT2D eigenvalue weighted by Gasteiger charge is 2.25. The van der Waals surface area contributed by atoms with Gasteiger partial charge in [0.25, 0.3) is 0 Å². The molecule has 0 spiro atoms. The molecule has 0 radical (unpaired) electrons. The van der Waals surface area contributed by atoms with Crippen molar-refractivity contribution in [1.29, 1.82) is 0 Å². The molecule has 1 heterocycles. The van der Waals surface area contributed by atoms with Crippen LogP contribution in [-0.2, 0) is 11.3 Å². The van der Waals surface area contributed by atoms with Crippen LogP contribution in [0.2, 0.25) is 0 Å². The topological polar surface area (TPSA) is 32.7 Å². The molecule has 0 amide bonds. The molecule has 1 fully saturated rings. The summed E-state index contributed by atoms with van der Waals surface area (Å²) in [7, 11) is 0. The highest BCUT2D eigenvalue weighted by molar-refractivity contribution is 9.09. The summed E-state index contributed by atoms with van der Waals surface area (Å²) in [6, 6.07) is 7.88. The van der Waals surface area contributed by atoms with E-state index in [2.05, 4.69) is 27.8 Å². The number of hydrogen-bond acceptors (Lipinski definition) is 3. The second-order valence-electron chi connectivity index (χ2n) is 4.56. The van der Waals surface area contributed by atoms with Gasteiger partial charge in [-0.05, 0) is 24.6 Å². The maximum atomic E-state index is 9.46. The summed E-state index contributed by atoms with van der Waals surface area (Å²) in [5.74, 6) is 0.334. The molecule has 1 saturated heterocycles. The lowest BCUT2D eigenvalue weighted by atomic mass is 10.1. The minimum absolute atomic E-state index is 0.267. The largest absolute Gasteiger partial charge is 0.508 e. The summed E-state index contributed by atoms with van der Waals surface area (Å²) < 4.78 is 5.69. The summed E-state index contributed by atoms with van der Waals surface area (Å²) in [6.45, 7) is 4.74. The van der Waals surface area contributed by atoms with E-state index in [0.717, 1.165) is 30.6 Å². The molecule has 1 aliphatic heterocycles. The molecule has 0 aromatic heterocycles. The number of aromatic hydroxyl groups is 1. The smallest absolute Gasteiger partial charge is 0.115 e. The van der Waals surface area contributed by atoms with Crippen LogP contribution in [0.1, 0.15) is 12.5 Å². The van der Waals surface area contributed by atoms with Gasteiger partial charge in [0.15, 0.2) is 0 Å². The Labute approximate surface area is 111 Å². The van der Waals surface area contributed by atoms with E-state index >= 15 is 0 Å².